The van der Waals surface area contributed by atoms with E-state index in [1.165, 1.54) is 17.0 Å². The van der Waals surface area contributed by atoms with Crippen LogP contribution in [0.15, 0.2) is 95.9 Å². The number of amides is 3. The first-order chi connectivity index (χ1) is 20.2. The second-order valence-corrected chi connectivity index (χ2v) is 11.4. The minimum Gasteiger partial charge on any atom is -0.387 e. The number of nitrogens with one attached hydrogen (secondary N) is 3. The van der Waals surface area contributed by atoms with Gasteiger partial charge in [-0.3, -0.25) is 14.4 Å². The molecule has 0 saturated heterocycles. The maximum absolute atomic E-state index is 13.4. The number of benzene rings is 4. The van der Waals surface area contributed by atoms with Gasteiger partial charge in [-0.1, -0.05) is 54.6 Å². The molecule has 0 aromatic heterocycles. The van der Waals surface area contributed by atoms with Crippen molar-refractivity contribution < 1.29 is 22.8 Å². The average molecular weight is 587 g/mol. The van der Waals surface area contributed by atoms with E-state index in [4.69, 9.17) is 0 Å². The molecule has 0 saturated carbocycles. The Balaban J connectivity index is 1.53. The Hall–Kier alpha value is -4.70. The molecule has 0 bridgehead atoms. The summed E-state index contributed by atoms with van der Waals surface area (Å²) in [6.07, 6.45) is -0.0226. The van der Waals surface area contributed by atoms with E-state index in [0.29, 0.717) is 41.0 Å². The van der Waals surface area contributed by atoms with E-state index < -0.39 is 27.8 Å². The van der Waals surface area contributed by atoms with Crippen LogP contribution < -0.4 is 15.4 Å². The van der Waals surface area contributed by atoms with Gasteiger partial charge in [0.05, 0.1) is 10.5 Å². The van der Waals surface area contributed by atoms with Crippen LogP contribution in [0.25, 0.3) is 10.8 Å². The minimum atomic E-state index is -4.24. The molecule has 4 rings (SSSR count). The molecule has 10 heteroatoms. The standard InChI is InChI=1S/C32H34N4O5S/c1-4-36(5-2)32(39)28(31(38)35-42(40,41)26-19-16-23-10-6-7-11-24(23)21-26)20-22-14-17-25(18-15-22)34-30(37)27-12-8-9-13-29(27)33-3/h6-19,21,28,33H,4-5,20H2,1-3H3,(H,34,37)(H,35,38). The molecule has 0 radical (unpaired) electrons. The van der Waals surface area contributed by atoms with Gasteiger partial charge in [-0.05, 0) is 73.0 Å². The second-order valence-electron chi connectivity index (χ2n) is 9.69. The molecule has 1 unspecified atom stereocenters. The van der Waals surface area contributed by atoms with Crippen LogP contribution in [0.1, 0.15) is 29.8 Å². The monoisotopic (exact) mass is 586 g/mol. The van der Waals surface area contributed by atoms with Gasteiger partial charge in [0.1, 0.15) is 5.92 Å². The lowest BCUT2D eigenvalue weighted by Gasteiger charge is -2.25. The molecule has 0 spiro atoms. The summed E-state index contributed by atoms with van der Waals surface area (Å²) in [6.45, 7) is 4.34. The summed E-state index contributed by atoms with van der Waals surface area (Å²) >= 11 is 0. The molecule has 3 amide bonds. The van der Waals surface area contributed by atoms with Gasteiger partial charge >= 0.3 is 0 Å². The number of nitrogens with zero attached hydrogens (tertiary/aromatic N) is 1. The summed E-state index contributed by atoms with van der Waals surface area (Å²) in [4.78, 5) is 41.0. The Morgan fingerprint density at radius 1 is 0.810 bits per heavy atom. The largest absolute Gasteiger partial charge is 0.387 e. The summed E-state index contributed by atoms with van der Waals surface area (Å²) in [5, 5.41) is 7.41. The summed E-state index contributed by atoms with van der Waals surface area (Å²) in [6, 6.07) is 25.8. The van der Waals surface area contributed by atoms with Crippen LogP contribution in [0.5, 0.6) is 0 Å². The zero-order valence-electron chi connectivity index (χ0n) is 23.8. The van der Waals surface area contributed by atoms with Crippen molar-refractivity contribution in [3.63, 3.8) is 0 Å². The fourth-order valence-corrected chi connectivity index (χ4v) is 5.76. The maximum Gasteiger partial charge on any atom is 0.264 e. The molecule has 218 valence electrons. The molecule has 1 atom stereocenters. The van der Waals surface area contributed by atoms with Gasteiger partial charge in [0.25, 0.3) is 15.9 Å². The zero-order chi connectivity index (χ0) is 30.3. The summed E-state index contributed by atoms with van der Waals surface area (Å²) in [7, 11) is -2.50. The first-order valence-corrected chi connectivity index (χ1v) is 15.2. The second kappa shape index (κ2) is 13.3. The number of fused-ring (bicyclic) bond motifs is 1. The van der Waals surface area contributed by atoms with Crippen LogP contribution in [-0.2, 0) is 26.0 Å². The summed E-state index contributed by atoms with van der Waals surface area (Å²) in [5.74, 6) is -2.93. The van der Waals surface area contributed by atoms with E-state index >= 15 is 0 Å². The average Bonchev–Trinajstić information content (AvgIpc) is 3.00. The van der Waals surface area contributed by atoms with Gasteiger partial charge < -0.3 is 15.5 Å². The Morgan fingerprint density at radius 3 is 2.12 bits per heavy atom. The molecule has 0 aliphatic carbocycles. The van der Waals surface area contributed by atoms with Gasteiger partial charge in [0.15, 0.2) is 0 Å². The third kappa shape index (κ3) is 6.95. The number of hydrogen-bond donors (Lipinski definition) is 3. The predicted octanol–water partition coefficient (Wildman–Crippen LogP) is 4.67. The lowest BCUT2D eigenvalue weighted by atomic mass is 9.97. The maximum atomic E-state index is 13.4. The molecule has 4 aromatic rings. The lowest BCUT2D eigenvalue weighted by molar-refractivity contribution is -0.141. The number of hydrogen-bond acceptors (Lipinski definition) is 6. The van der Waals surface area contributed by atoms with Crippen LogP contribution in [-0.4, -0.2) is 51.2 Å². The Bertz CT molecular complexity index is 1700. The number of sulfonamides is 1. The minimum absolute atomic E-state index is 0.0226. The molecular weight excluding hydrogens is 552 g/mol. The molecule has 0 aliphatic rings. The van der Waals surface area contributed by atoms with Crippen molar-refractivity contribution >= 4 is 49.9 Å². The van der Waals surface area contributed by atoms with Crippen molar-refractivity contribution in [3.8, 4) is 0 Å². The van der Waals surface area contributed by atoms with Gasteiger partial charge in [0, 0.05) is 31.5 Å². The number of carbonyl (C=O) groups is 3. The molecule has 9 nitrogen and oxygen atoms in total. The highest BCUT2D eigenvalue weighted by Gasteiger charge is 2.33. The van der Waals surface area contributed by atoms with Crippen molar-refractivity contribution in [2.24, 2.45) is 5.92 Å². The first kappa shape index (κ1) is 30.3. The summed E-state index contributed by atoms with van der Waals surface area (Å²) in [5.41, 5.74) is 2.34. The van der Waals surface area contributed by atoms with E-state index in [-0.39, 0.29) is 17.2 Å². The third-order valence-electron chi connectivity index (χ3n) is 7.05. The van der Waals surface area contributed by atoms with Crippen molar-refractivity contribution in [2.45, 2.75) is 25.2 Å². The first-order valence-electron chi connectivity index (χ1n) is 13.7. The highest BCUT2D eigenvalue weighted by Crippen LogP contribution is 2.22. The van der Waals surface area contributed by atoms with Gasteiger partial charge in [0.2, 0.25) is 11.8 Å². The number of anilines is 2. The fourth-order valence-electron chi connectivity index (χ4n) is 4.70. The molecule has 0 fully saturated rings. The fraction of sp³-hybridized carbons (Fsp3) is 0.219. The van der Waals surface area contributed by atoms with E-state index in [9.17, 15) is 22.8 Å². The van der Waals surface area contributed by atoms with Gasteiger partial charge in [-0.25, -0.2) is 13.1 Å². The van der Waals surface area contributed by atoms with Crippen LogP contribution >= 0.6 is 0 Å². The van der Waals surface area contributed by atoms with E-state index in [1.807, 2.05) is 18.2 Å². The van der Waals surface area contributed by atoms with E-state index in [2.05, 4.69) is 15.4 Å². The highest BCUT2D eigenvalue weighted by molar-refractivity contribution is 7.90. The van der Waals surface area contributed by atoms with Crippen LogP contribution in [0.3, 0.4) is 0 Å². The SMILES string of the molecule is CCN(CC)C(=O)C(Cc1ccc(NC(=O)c2ccccc2NC)cc1)C(=O)NS(=O)(=O)c1ccc2ccccc2c1. The molecular formula is C32H34N4O5S. The van der Waals surface area contributed by atoms with E-state index in [0.717, 1.165) is 5.39 Å². The Morgan fingerprint density at radius 2 is 1.45 bits per heavy atom. The van der Waals surface area contributed by atoms with Gasteiger partial charge in [-0.15, -0.1) is 0 Å². The Kier molecular flexibility index (Phi) is 9.59. The van der Waals surface area contributed by atoms with Crippen molar-refractivity contribution in [1.29, 1.82) is 0 Å². The zero-order valence-corrected chi connectivity index (χ0v) is 24.6. The predicted molar refractivity (Wildman–Crippen MR) is 165 cm³/mol. The van der Waals surface area contributed by atoms with Crippen molar-refractivity contribution in [2.75, 3.05) is 30.8 Å². The number of rotatable bonds is 11. The highest BCUT2D eigenvalue weighted by atomic mass is 32.2. The molecule has 42 heavy (non-hydrogen) atoms. The van der Waals surface area contributed by atoms with Crippen LogP contribution in [0.2, 0.25) is 0 Å². The Labute approximate surface area is 246 Å². The number of para-hydroxylation sites is 1. The van der Waals surface area contributed by atoms with E-state index in [1.54, 1.807) is 81.6 Å². The molecule has 0 heterocycles. The number of carbonyl (C=O) groups excluding carboxylic acids is 3. The molecule has 0 aliphatic heterocycles. The van der Waals surface area contributed by atoms with Crippen molar-refractivity contribution in [1.82, 2.24) is 9.62 Å². The molecule has 3 N–H and O–H groups in total. The normalized spacial score (nSPS) is 11.9. The van der Waals surface area contributed by atoms with Crippen LogP contribution in [0.4, 0.5) is 11.4 Å². The quantitative estimate of drug-likeness (QED) is 0.220. The van der Waals surface area contributed by atoms with Crippen LogP contribution in [0, 0.1) is 5.92 Å². The smallest absolute Gasteiger partial charge is 0.264 e. The topological polar surface area (TPSA) is 125 Å². The third-order valence-corrected chi connectivity index (χ3v) is 8.39. The molecule has 4 aromatic carbocycles. The van der Waals surface area contributed by atoms with Gasteiger partial charge in [-0.2, -0.15) is 0 Å². The van der Waals surface area contributed by atoms with Crippen molar-refractivity contribution in [3.05, 3.63) is 102 Å². The summed E-state index contributed by atoms with van der Waals surface area (Å²) < 4.78 is 28.5. The lowest BCUT2D eigenvalue weighted by Crippen LogP contribution is -2.46.